The van der Waals surface area contributed by atoms with Crippen LogP contribution < -0.4 is 24.3 Å². The monoisotopic (exact) mass is 581 g/mol. The molecule has 0 spiro atoms. The van der Waals surface area contributed by atoms with Crippen molar-refractivity contribution in [3.63, 3.8) is 0 Å². The van der Waals surface area contributed by atoms with Gasteiger partial charge in [0.15, 0.2) is 5.76 Å². The molecule has 1 amide bonds. The number of furan rings is 1. The van der Waals surface area contributed by atoms with E-state index in [1.165, 1.54) is 27.4 Å². The number of rotatable bonds is 7. The number of ether oxygens (including phenoxy) is 4. The van der Waals surface area contributed by atoms with Gasteiger partial charge in [-0.05, 0) is 45.1 Å². The van der Waals surface area contributed by atoms with E-state index in [1.807, 2.05) is 12.1 Å². The van der Waals surface area contributed by atoms with Crippen LogP contribution in [0.25, 0.3) is 0 Å². The van der Waals surface area contributed by atoms with Gasteiger partial charge in [0.25, 0.3) is 11.9 Å². The van der Waals surface area contributed by atoms with Gasteiger partial charge in [0, 0.05) is 22.7 Å². The molecule has 0 bridgehead atoms. The fourth-order valence-corrected chi connectivity index (χ4v) is 4.76. The van der Waals surface area contributed by atoms with Gasteiger partial charge in [0.05, 0.1) is 25.8 Å². The molecule has 0 saturated carbocycles. The first-order chi connectivity index (χ1) is 15.6. The third-order valence-electron chi connectivity index (χ3n) is 4.80. The Labute approximate surface area is 209 Å². The summed E-state index contributed by atoms with van der Waals surface area (Å²) in [4.78, 5) is 12.8. The van der Waals surface area contributed by atoms with Crippen LogP contribution in [0.2, 0.25) is 0 Å². The predicted octanol–water partition coefficient (Wildman–Crippen LogP) is 7.17. The first-order valence-corrected chi connectivity index (χ1v) is 11.5. The van der Waals surface area contributed by atoms with Gasteiger partial charge in [-0.1, -0.05) is 36.7 Å². The maximum atomic E-state index is 12.8. The maximum absolute atomic E-state index is 12.8. The average molecular weight is 583 g/mol. The second-order valence-electron chi connectivity index (χ2n) is 8.09. The van der Waals surface area contributed by atoms with Gasteiger partial charge >= 0.3 is 0 Å². The summed E-state index contributed by atoms with van der Waals surface area (Å²) in [5.74, 6) is 1.63. The Morgan fingerprint density at radius 2 is 1.52 bits per heavy atom. The summed E-state index contributed by atoms with van der Waals surface area (Å²) in [7, 11) is 4.51. The Morgan fingerprint density at radius 1 is 0.879 bits per heavy atom. The molecule has 0 aliphatic rings. The van der Waals surface area contributed by atoms with E-state index in [0.29, 0.717) is 28.7 Å². The lowest BCUT2D eigenvalue weighted by Gasteiger charge is -2.22. The summed E-state index contributed by atoms with van der Waals surface area (Å²) in [5, 5.41) is 2.76. The molecule has 0 saturated heterocycles. The quantitative estimate of drug-likeness (QED) is 0.318. The first-order valence-electron chi connectivity index (χ1n) is 9.96. The highest BCUT2D eigenvalue weighted by atomic mass is 79.9. The number of carbonyl (C=O) groups excluding carboxylic acids is 1. The van der Waals surface area contributed by atoms with Gasteiger partial charge < -0.3 is 28.7 Å². The van der Waals surface area contributed by atoms with Crippen molar-refractivity contribution >= 4 is 43.5 Å². The molecule has 2 aromatic carbocycles. The number of hydrogen-bond acceptors (Lipinski definition) is 6. The minimum absolute atomic E-state index is 0.0641. The van der Waals surface area contributed by atoms with E-state index < -0.39 is 5.91 Å². The topological polar surface area (TPSA) is 79.2 Å². The summed E-state index contributed by atoms with van der Waals surface area (Å²) >= 11 is 7.11. The maximum Gasteiger partial charge on any atom is 0.291 e. The minimum atomic E-state index is -0.489. The van der Waals surface area contributed by atoms with E-state index in [-0.39, 0.29) is 17.1 Å². The third-order valence-corrected chi connectivity index (χ3v) is 6.07. The van der Waals surface area contributed by atoms with Gasteiger partial charge in [-0.25, -0.2) is 0 Å². The van der Waals surface area contributed by atoms with Crippen LogP contribution in [0.1, 0.15) is 36.9 Å². The molecule has 0 fully saturated rings. The van der Waals surface area contributed by atoms with Crippen molar-refractivity contribution in [2.45, 2.75) is 26.2 Å². The van der Waals surface area contributed by atoms with E-state index in [9.17, 15) is 4.79 Å². The van der Waals surface area contributed by atoms with Crippen LogP contribution in [-0.2, 0) is 5.41 Å². The Morgan fingerprint density at radius 3 is 2.06 bits per heavy atom. The number of halogens is 2. The number of nitrogens with one attached hydrogen (secondary N) is 1. The summed E-state index contributed by atoms with van der Waals surface area (Å²) < 4.78 is 29.3. The molecule has 0 atom stereocenters. The molecule has 1 aromatic heterocycles. The average Bonchev–Trinajstić information content (AvgIpc) is 3.23. The van der Waals surface area contributed by atoms with Crippen LogP contribution in [0.3, 0.4) is 0 Å². The van der Waals surface area contributed by atoms with Crippen molar-refractivity contribution < 1.29 is 28.2 Å². The van der Waals surface area contributed by atoms with Crippen molar-refractivity contribution in [2.24, 2.45) is 0 Å². The van der Waals surface area contributed by atoms with Crippen LogP contribution in [0, 0.1) is 0 Å². The fraction of sp³-hybridized carbons (Fsp3) is 0.292. The van der Waals surface area contributed by atoms with E-state index in [1.54, 1.807) is 18.2 Å². The summed E-state index contributed by atoms with van der Waals surface area (Å²) in [6.45, 7) is 6.34. The predicted molar refractivity (Wildman–Crippen MR) is 133 cm³/mol. The Balaban J connectivity index is 1.84. The molecular formula is C24H25Br2NO6. The summed E-state index contributed by atoms with van der Waals surface area (Å²) in [6, 6.07) is 10.3. The second-order valence-corrected chi connectivity index (χ2v) is 9.80. The molecule has 9 heteroatoms. The number of anilines is 1. The van der Waals surface area contributed by atoms with Crippen LogP contribution in [0.5, 0.6) is 28.9 Å². The van der Waals surface area contributed by atoms with Gasteiger partial charge in [-0.2, -0.15) is 0 Å². The standard InChI is InChI=1S/C24H25Br2NO6/c1-24(2,3)14-11-18(16(26)12-15(14)25)33-21-8-7-17(32-21)23(28)27-22-19(30-5)9-13(29-4)10-20(22)31-6/h7-12H,1-6H3,(H,27,28). The number of carbonyl (C=O) groups is 1. The van der Waals surface area contributed by atoms with Crippen molar-refractivity contribution in [2.75, 3.05) is 26.6 Å². The van der Waals surface area contributed by atoms with Gasteiger partial charge in [0.1, 0.15) is 28.7 Å². The second kappa shape index (κ2) is 10.1. The van der Waals surface area contributed by atoms with Crippen molar-refractivity contribution in [3.8, 4) is 28.9 Å². The zero-order valence-corrected chi connectivity index (χ0v) is 22.3. The van der Waals surface area contributed by atoms with Gasteiger partial charge in [0.2, 0.25) is 0 Å². The van der Waals surface area contributed by atoms with E-state index in [2.05, 4.69) is 57.9 Å². The molecule has 3 rings (SSSR count). The lowest BCUT2D eigenvalue weighted by Crippen LogP contribution is -2.13. The van der Waals surface area contributed by atoms with E-state index in [4.69, 9.17) is 23.4 Å². The minimum Gasteiger partial charge on any atom is -0.496 e. The Hall–Kier alpha value is -2.65. The number of benzene rings is 2. The smallest absolute Gasteiger partial charge is 0.291 e. The van der Waals surface area contributed by atoms with Crippen molar-refractivity contribution in [3.05, 3.63) is 56.7 Å². The molecule has 7 nitrogen and oxygen atoms in total. The number of methoxy groups -OCH3 is 3. The lowest BCUT2D eigenvalue weighted by atomic mass is 9.87. The summed E-state index contributed by atoms with van der Waals surface area (Å²) in [6.07, 6.45) is 0. The normalized spacial score (nSPS) is 11.2. The zero-order chi connectivity index (χ0) is 24.3. The number of amides is 1. The molecule has 0 aliphatic carbocycles. The lowest BCUT2D eigenvalue weighted by molar-refractivity contribution is 0.0991. The highest BCUT2D eigenvalue weighted by molar-refractivity contribution is 9.11. The van der Waals surface area contributed by atoms with E-state index >= 15 is 0 Å². The number of hydrogen-bond donors (Lipinski definition) is 1. The van der Waals surface area contributed by atoms with Gasteiger partial charge in [-0.15, -0.1) is 0 Å². The van der Waals surface area contributed by atoms with E-state index in [0.717, 1.165) is 14.5 Å². The molecule has 0 aliphatic heterocycles. The molecule has 3 aromatic rings. The molecule has 1 heterocycles. The Bertz CT molecular complexity index is 1140. The Kier molecular flexibility index (Phi) is 7.64. The largest absolute Gasteiger partial charge is 0.496 e. The highest BCUT2D eigenvalue weighted by Gasteiger charge is 2.22. The fourth-order valence-electron chi connectivity index (χ4n) is 3.09. The van der Waals surface area contributed by atoms with Gasteiger partial charge in [-0.3, -0.25) is 4.79 Å². The first kappa shape index (κ1) is 25.0. The SMILES string of the molecule is COc1cc(OC)c(NC(=O)c2ccc(Oc3cc(C(C)(C)C)c(Br)cc3Br)o2)c(OC)c1. The molecule has 176 valence electrons. The third kappa shape index (κ3) is 5.65. The van der Waals surface area contributed by atoms with Crippen LogP contribution in [0.15, 0.2) is 49.8 Å². The van der Waals surface area contributed by atoms with Crippen LogP contribution in [0.4, 0.5) is 5.69 Å². The van der Waals surface area contributed by atoms with Crippen LogP contribution >= 0.6 is 31.9 Å². The summed E-state index contributed by atoms with van der Waals surface area (Å²) in [5.41, 5.74) is 1.33. The van der Waals surface area contributed by atoms with Crippen molar-refractivity contribution in [1.82, 2.24) is 0 Å². The van der Waals surface area contributed by atoms with Crippen LogP contribution in [-0.4, -0.2) is 27.2 Å². The molecule has 0 unspecified atom stereocenters. The molecule has 33 heavy (non-hydrogen) atoms. The molecule has 0 radical (unpaired) electrons. The molecule has 1 N–H and O–H groups in total. The molecular weight excluding hydrogens is 558 g/mol. The zero-order valence-electron chi connectivity index (χ0n) is 19.2. The highest BCUT2D eigenvalue weighted by Crippen LogP contribution is 2.41. The van der Waals surface area contributed by atoms with Crippen molar-refractivity contribution in [1.29, 1.82) is 0 Å².